The maximum absolute atomic E-state index is 6.51. The van der Waals surface area contributed by atoms with Crippen LogP contribution in [0.1, 0.15) is 12.8 Å². The molecule has 0 saturated carbocycles. The predicted octanol–water partition coefficient (Wildman–Crippen LogP) is 4.58. The van der Waals surface area contributed by atoms with Crippen molar-refractivity contribution in [1.82, 2.24) is 0 Å². The molecule has 1 heterocycles. The first kappa shape index (κ1) is 12.1. The van der Waals surface area contributed by atoms with Gasteiger partial charge in [-0.3, -0.25) is 0 Å². The lowest BCUT2D eigenvalue weighted by atomic mass is 9.90. The quantitative estimate of drug-likeness (QED) is 0.592. The molecule has 0 fully saturated rings. The highest BCUT2D eigenvalue weighted by atomic mass is 35.5. The van der Waals surface area contributed by atoms with E-state index in [2.05, 4.69) is 59.2 Å². The smallest absolute Gasteiger partial charge is 0.104 e. The van der Waals surface area contributed by atoms with E-state index in [4.69, 9.17) is 11.6 Å². The fraction of sp³-hybridized carbons (Fsp3) is 0.294. The van der Waals surface area contributed by atoms with Crippen molar-refractivity contribution in [2.45, 2.75) is 24.4 Å². The molecular formula is C17H17ClN2. The summed E-state index contributed by atoms with van der Waals surface area (Å²) in [4.78, 5) is 0. The highest BCUT2D eigenvalue weighted by molar-refractivity contribution is 6.21. The Morgan fingerprint density at radius 2 is 1.70 bits per heavy atom. The zero-order valence-electron chi connectivity index (χ0n) is 11.1. The van der Waals surface area contributed by atoms with Gasteiger partial charge in [-0.15, -0.1) is 11.6 Å². The van der Waals surface area contributed by atoms with E-state index < -0.39 is 0 Å². The highest BCUT2D eigenvalue weighted by Crippen LogP contribution is 2.38. The molecule has 2 atom stereocenters. The number of hydrogen-bond donors (Lipinski definition) is 2. The van der Waals surface area contributed by atoms with Crippen molar-refractivity contribution in [1.29, 1.82) is 0 Å². The highest BCUT2D eigenvalue weighted by Gasteiger charge is 2.30. The van der Waals surface area contributed by atoms with Gasteiger partial charge in [0.25, 0.3) is 0 Å². The van der Waals surface area contributed by atoms with Gasteiger partial charge in [0.2, 0.25) is 0 Å². The van der Waals surface area contributed by atoms with Gasteiger partial charge in [0.15, 0.2) is 0 Å². The summed E-state index contributed by atoms with van der Waals surface area (Å²) in [6.07, 6.45) is 6.79. The molecule has 1 aliphatic carbocycles. The number of alkyl halides is 1. The molecule has 0 aromatic heterocycles. The Balaban J connectivity index is 1.76. The van der Waals surface area contributed by atoms with Crippen LogP contribution in [0, 0.1) is 5.92 Å². The Morgan fingerprint density at radius 3 is 2.35 bits per heavy atom. The molecule has 0 bridgehead atoms. The van der Waals surface area contributed by atoms with Crippen molar-refractivity contribution in [3.8, 4) is 0 Å². The van der Waals surface area contributed by atoms with Gasteiger partial charge in [-0.25, -0.2) is 0 Å². The Kier molecular flexibility index (Phi) is 2.85. The molecule has 20 heavy (non-hydrogen) atoms. The molecule has 2 aliphatic rings. The molecule has 0 radical (unpaired) electrons. The van der Waals surface area contributed by atoms with Crippen molar-refractivity contribution >= 4 is 33.7 Å². The first-order valence-corrected chi connectivity index (χ1v) is 7.62. The van der Waals surface area contributed by atoms with Gasteiger partial charge in [0.1, 0.15) is 6.17 Å². The van der Waals surface area contributed by atoms with Crippen LogP contribution >= 0.6 is 11.6 Å². The van der Waals surface area contributed by atoms with Crippen LogP contribution in [0.4, 0.5) is 11.4 Å². The largest absolute Gasteiger partial charge is 0.364 e. The van der Waals surface area contributed by atoms with E-state index >= 15 is 0 Å². The average Bonchev–Trinajstić information content (AvgIpc) is 2.48. The van der Waals surface area contributed by atoms with Crippen LogP contribution in [-0.4, -0.2) is 11.5 Å². The summed E-state index contributed by atoms with van der Waals surface area (Å²) in [5.74, 6) is 0.314. The summed E-state index contributed by atoms with van der Waals surface area (Å²) in [5, 5.41) is 9.96. The molecule has 4 rings (SSSR count). The summed E-state index contributed by atoms with van der Waals surface area (Å²) in [6.45, 7) is 0. The van der Waals surface area contributed by atoms with E-state index in [1.54, 1.807) is 0 Å². The van der Waals surface area contributed by atoms with E-state index in [-0.39, 0.29) is 11.5 Å². The van der Waals surface area contributed by atoms with Crippen LogP contribution in [0.3, 0.4) is 0 Å². The molecule has 0 spiro atoms. The number of hydrogen-bond acceptors (Lipinski definition) is 2. The third kappa shape index (κ3) is 1.87. The molecule has 2 unspecified atom stereocenters. The fourth-order valence-corrected chi connectivity index (χ4v) is 3.64. The summed E-state index contributed by atoms with van der Waals surface area (Å²) in [5.41, 5.74) is 2.40. The van der Waals surface area contributed by atoms with Crippen LogP contribution in [-0.2, 0) is 0 Å². The Labute approximate surface area is 123 Å². The summed E-state index contributed by atoms with van der Waals surface area (Å²) in [7, 11) is 0. The normalized spacial score (nSPS) is 25.2. The second kappa shape index (κ2) is 4.71. The number of anilines is 2. The topological polar surface area (TPSA) is 24.1 Å². The van der Waals surface area contributed by atoms with E-state index in [1.807, 2.05) is 0 Å². The lowest BCUT2D eigenvalue weighted by Gasteiger charge is -2.36. The molecule has 2 aromatic carbocycles. The minimum atomic E-state index is 0.162. The zero-order chi connectivity index (χ0) is 13.5. The number of benzene rings is 2. The maximum Gasteiger partial charge on any atom is 0.104 e. The third-order valence-electron chi connectivity index (χ3n) is 4.30. The second-order valence-electron chi connectivity index (χ2n) is 5.57. The average molecular weight is 285 g/mol. The molecule has 2 aromatic rings. The monoisotopic (exact) mass is 284 g/mol. The summed E-state index contributed by atoms with van der Waals surface area (Å²) < 4.78 is 0. The van der Waals surface area contributed by atoms with E-state index in [0.717, 1.165) is 12.8 Å². The molecule has 0 saturated heterocycles. The van der Waals surface area contributed by atoms with E-state index in [0.29, 0.717) is 5.92 Å². The van der Waals surface area contributed by atoms with Gasteiger partial charge < -0.3 is 10.6 Å². The van der Waals surface area contributed by atoms with E-state index in [1.165, 1.54) is 22.1 Å². The molecule has 2 N–H and O–H groups in total. The molecule has 2 nitrogen and oxygen atoms in total. The molecule has 3 heteroatoms. The van der Waals surface area contributed by atoms with Gasteiger partial charge in [0, 0.05) is 28.1 Å². The molecular weight excluding hydrogens is 268 g/mol. The molecule has 1 aliphatic heterocycles. The standard InChI is InChI=1S/C17H17ClN2/c18-13-8-2-1-7-12(13)17-19-14-9-3-5-11-6-4-10-15(20-17)16(11)14/h1,3-7,9-10,12-13,17,19-20H,2,8H2. The minimum absolute atomic E-state index is 0.162. The number of nitrogens with one attached hydrogen (secondary N) is 2. The SMILES string of the molecule is ClC1CCC=CC1C1Nc2cccc3cccc(c23)N1. The maximum atomic E-state index is 6.51. The summed E-state index contributed by atoms with van der Waals surface area (Å²) in [6, 6.07) is 12.8. The molecule has 0 amide bonds. The number of rotatable bonds is 1. The first-order valence-electron chi connectivity index (χ1n) is 7.18. The lowest BCUT2D eigenvalue weighted by molar-refractivity contribution is 0.502. The first-order chi connectivity index (χ1) is 9.83. The number of halogens is 1. The summed E-state index contributed by atoms with van der Waals surface area (Å²) >= 11 is 6.51. The van der Waals surface area contributed by atoms with Gasteiger partial charge in [-0.05, 0) is 30.4 Å². The van der Waals surface area contributed by atoms with Crippen molar-refractivity contribution in [2.24, 2.45) is 5.92 Å². The van der Waals surface area contributed by atoms with Gasteiger partial charge in [-0.2, -0.15) is 0 Å². The van der Waals surface area contributed by atoms with Crippen LogP contribution in [0.2, 0.25) is 0 Å². The van der Waals surface area contributed by atoms with E-state index in [9.17, 15) is 0 Å². The molecule has 102 valence electrons. The Morgan fingerprint density at radius 1 is 1.00 bits per heavy atom. The van der Waals surface area contributed by atoms with Gasteiger partial charge >= 0.3 is 0 Å². The number of allylic oxidation sites excluding steroid dienone is 1. The lowest BCUT2D eigenvalue weighted by Crippen LogP contribution is -2.42. The van der Waals surface area contributed by atoms with Gasteiger partial charge in [0.05, 0.1) is 0 Å². The van der Waals surface area contributed by atoms with Crippen LogP contribution in [0.5, 0.6) is 0 Å². The van der Waals surface area contributed by atoms with Crippen LogP contribution < -0.4 is 10.6 Å². The predicted molar refractivity (Wildman–Crippen MR) is 86.5 cm³/mol. The minimum Gasteiger partial charge on any atom is -0.364 e. The fourth-order valence-electron chi connectivity index (χ4n) is 3.29. The van der Waals surface area contributed by atoms with Crippen LogP contribution in [0.25, 0.3) is 10.8 Å². The Hall–Kier alpha value is -1.67. The van der Waals surface area contributed by atoms with Gasteiger partial charge in [-0.1, -0.05) is 36.4 Å². The zero-order valence-corrected chi connectivity index (χ0v) is 11.9. The third-order valence-corrected chi connectivity index (χ3v) is 4.81. The van der Waals surface area contributed by atoms with Crippen molar-refractivity contribution < 1.29 is 0 Å². The van der Waals surface area contributed by atoms with Crippen molar-refractivity contribution in [2.75, 3.05) is 10.6 Å². The second-order valence-corrected chi connectivity index (χ2v) is 6.14. The Bertz CT molecular complexity index is 639. The van der Waals surface area contributed by atoms with Crippen LogP contribution in [0.15, 0.2) is 48.6 Å². The van der Waals surface area contributed by atoms with Crippen molar-refractivity contribution in [3.05, 3.63) is 48.6 Å². The van der Waals surface area contributed by atoms with Crippen molar-refractivity contribution in [3.63, 3.8) is 0 Å².